The minimum absolute atomic E-state index is 0.0255. The number of hydrogen-bond donors (Lipinski definition) is 1. The molecule has 5 rings (SSSR count). The first-order valence-corrected chi connectivity index (χ1v) is 10.8. The van der Waals surface area contributed by atoms with Crippen molar-refractivity contribution in [1.29, 1.82) is 0 Å². The summed E-state index contributed by atoms with van der Waals surface area (Å²) in [4.78, 5) is 27.6. The second-order valence-electron chi connectivity index (χ2n) is 9.07. The van der Waals surface area contributed by atoms with Crippen LogP contribution in [0.5, 0.6) is 0 Å². The Hall–Kier alpha value is -2.60. The van der Waals surface area contributed by atoms with Crippen molar-refractivity contribution in [1.82, 2.24) is 4.90 Å². The van der Waals surface area contributed by atoms with Crippen molar-refractivity contribution in [3.63, 3.8) is 0 Å². The number of rotatable bonds is 2. The molecule has 6 nitrogen and oxygen atoms in total. The predicted octanol–water partition coefficient (Wildman–Crippen LogP) is 3.85. The molecule has 3 heterocycles. The zero-order chi connectivity index (χ0) is 21.0. The first kappa shape index (κ1) is 19.4. The molecule has 1 saturated heterocycles. The molecule has 2 atom stereocenters. The van der Waals surface area contributed by atoms with Gasteiger partial charge in [-0.05, 0) is 50.3 Å². The minimum Gasteiger partial charge on any atom is -0.464 e. The maximum Gasteiger partial charge on any atom is 0.340 e. The molecule has 2 aliphatic rings. The van der Waals surface area contributed by atoms with E-state index >= 15 is 0 Å². The van der Waals surface area contributed by atoms with Crippen molar-refractivity contribution in [3.8, 4) is 0 Å². The second kappa shape index (κ2) is 6.98. The van der Waals surface area contributed by atoms with E-state index in [1.807, 2.05) is 24.8 Å². The average molecular weight is 409 g/mol. The van der Waals surface area contributed by atoms with Crippen LogP contribution < -0.4 is 5.63 Å². The van der Waals surface area contributed by atoms with Gasteiger partial charge in [-0.1, -0.05) is 12.8 Å². The van der Waals surface area contributed by atoms with Crippen molar-refractivity contribution < 1.29 is 18.7 Å². The van der Waals surface area contributed by atoms with Crippen LogP contribution in [0.3, 0.4) is 0 Å². The number of aryl methyl sites for hydroxylation is 2. The third kappa shape index (κ3) is 3.05. The Morgan fingerprint density at radius 2 is 2.03 bits per heavy atom. The van der Waals surface area contributed by atoms with Crippen molar-refractivity contribution in [2.24, 2.45) is 5.92 Å². The summed E-state index contributed by atoms with van der Waals surface area (Å²) >= 11 is 0. The van der Waals surface area contributed by atoms with Gasteiger partial charge in [0, 0.05) is 35.8 Å². The molecule has 1 N–H and O–H groups in total. The highest BCUT2D eigenvalue weighted by Gasteiger charge is 2.43. The maximum atomic E-state index is 13.1. The number of hydrogen-bond acceptors (Lipinski definition) is 5. The Morgan fingerprint density at radius 1 is 1.20 bits per heavy atom. The number of aliphatic hydroxyl groups is 1. The van der Waals surface area contributed by atoms with E-state index in [4.69, 9.17) is 8.83 Å². The topological polar surface area (TPSA) is 83.9 Å². The molecule has 2 aromatic heterocycles. The van der Waals surface area contributed by atoms with Gasteiger partial charge in [0.2, 0.25) is 5.91 Å². The fourth-order valence-electron chi connectivity index (χ4n) is 5.30. The van der Waals surface area contributed by atoms with Crippen LogP contribution in [-0.4, -0.2) is 34.6 Å². The fraction of sp³-hybridized carbons (Fsp3) is 0.500. The van der Waals surface area contributed by atoms with Gasteiger partial charge in [-0.15, -0.1) is 0 Å². The molecule has 1 saturated carbocycles. The fourth-order valence-corrected chi connectivity index (χ4v) is 5.30. The van der Waals surface area contributed by atoms with E-state index in [2.05, 4.69) is 0 Å². The lowest BCUT2D eigenvalue weighted by atomic mass is 9.71. The highest BCUT2D eigenvalue weighted by atomic mass is 16.4. The van der Waals surface area contributed by atoms with Crippen molar-refractivity contribution in [2.45, 2.75) is 58.0 Å². The smallest absolute Gasteiger partial charge is 0.340 e. The highest BCUT2D eigenvalue weighted by Crippen LogP contribution is 2.40. The van der Waals surface area contributed by atoms with Crippen LogP contribution in [0.4, 0.5) is 0 Å². The summed E-state index contributed by atoms with van der Waals surface area (Å²) in [6.45, 7) is 4.96. The van der Waals surface area contributed by atoms with Crippen LogP contribution in [-0.2, 0) is 11.2 Å². The molecule has 2 fully saturated rings. The molecular formula is C24H27NO5. The molecule has 0 bridgehead atoms. The van der Waals surface area contributed by atoms with E-state index in [1.54, 1.807) is 12.3 Å². The molecule has 30 heavy (non-hydrogen) atoms. The van der Waals surface area contributed by atoms with Crippen LogP contribution in [0.25, 0.3) is 21.9 Å². The summed E-state index contributed by atoms with van der Waals surface area (Å²) in [5.41, 5.74) is 2.27. The van der Waals surface area contributed by atoms with Crippen molar-refractivity contribution >= 4 is 27.8 Å². The van der Waals surface area contributed by atoms with Crippen LogP contribution in [0, 0.1) is 19.8 Å². The van der Waals surface area contributed by atoms with Crippen molar-refractivity contribution in [2.75, 3.05) is 13.1 Å². The Labute approximate surface area is 174 Å². The highest BCUT2D eigenvalue weighted by molar-refractivity contribution is 5.96. The number of piperidine rings is 1. The van der Waals surface area contributed by atoms with E-state index in [0.717, 1.165) is 47.6 Å². The minimum atomic E-state index is -0.624. The zero-order valence-electron chi connectivity index (χ0n) is 17.5. The molecule has 3 aromatic rings. The number of amides is 1. The monoisotopic (exact) mass is 409 g/mol. The lowest BCUT2D eigenvalue weighted by Gasteiger charge is -2.47. The normalized spacial score (nSPS) is 24.4. The van der Waals surface area contributed by atoms with Crippen molar-refractivity contribution in [3.05, 3.63) is 45.5 Å². The molecule has 1 aliphatic heterocycles. The number of likely N-dealkylation sites (tertiary alicyclic amines) is 1. The predicted molar refractivity (Wildman–Crippen MR) is 114 cm³/mol. The van der Waals surface area contributed by atoms with Gasteiger partial charge in [0.05, 0.1) is 23.8 Å². The quantitative estimate of drug-likeness (QED) is 0.650. The number of fused-ring (bicyclic) bond motifs is 3. The number of carbonyl (C=O) groups is 1. The maximum absolute atomic E-state index is 13.1. The van der Waals surface area contributed by atoms with Gasteiger partial charge in [0.15, 0.2) is 0 Å². The molecule has 1 aromatic carbocycles. The standard InChI is InChI=1S/C24H27NO5/c1-14-13-29-20-11-21-18(9-17(14)20)15(2)19(23(27)30-21)10-22(26)25-8-7-24(28)6-4-3-5-16(24)12-25/h9,11,13,16,28H,3-8,10,12H2,1-2H3/t16-,24-/m0/s1. The van der Waals surface area contributed by atoms with Gasteiger partial charge in [0.1, 0.15) is 11.2 Å². The Balaban J connectivity index is 1.44. The summed E-state index contributed by atoms with van der Waals surface area (Å²) in [6.07, 6.45) is 6.27. The summed E-state index contributed by atoms with van der Waals surface area (Å²) in [5, 5.41) is 12.7. The number of furan rings is 1. The lowest BCUT2D eigenvalue weighted by molar-refractivity contribution is -0.142. The molecule has 0 spiro atoms. The molecule has 0 radical (unpaired) electrons. The van der Waals surface area contributed by atoms with Gasteiger partial charge in [-0.2, -0.15) is 0 Å². The largest absolute Gasteiger partial charge is 0.464 e. The third-order valence-electron chi connectivity index (χ3n) is 7.28. The Kier molecular flexibility index (Phi) is 4.51. The Bertz CT molecular complexity index is 1210. The van der Waals surface area contributed by atoms with E-state index in [-0.39, 0.29) is 18.2 Å². The summed E-state index contributed by atoms with van der Waals surface area (Å²) in [5.74, 6) is 0.0633. The molecule has 6 heteroatoms. The van der Waals surface area contributed by atoms with Crippen LogP contribution >= 0.6 is 0 Å². The van der Waals surface area contributed by atoms with E-state index in [9.17, 15) is 14.7 Å². The second-order valence-corrected chi connectivity index (χ2v) is 9.07. The molecule has 1 aliphatic carbocycles. The van der Waals surface area contributed by atoms with Crippen LogP contribution in [0.2, 0.25) is 0 Å². The Morgan fingerprint density at radius 3 is 2.87 bits per heavy atom. The summed E-state index contributed by atoms with van der Waals surface area (Å²) < 4.78 is 11.1. The number of benzene rings is 1. The molecule has 158 valence electrons. The van der Waals surface area contributed by atoms with Gasteiger partial charge >= 0.3 is 5.63 Å². The van der Waals surface area contributed by atoms with Crippen LogP contribution in [0.15, 0.2) is 32.0 Å². The van der Waals surface area contributed by atoms with Gasteiger partial charge < -0.3 is 18.8 Å². The van der Waals surface area contributed by atoms with E-state index in [1.165, 1.54) is 0 Å². The van der Waals surface area contributed by atoms with Gasteiger partial charge in [0.25, 0.3) is 0 Å². The van der Waals surface area contributed by atoms with Crippen LogP contribution in [0.1, 0.15) is 48.8 Å². The third-order valence-corrected chi connectivity index (χ3v) is 7.28. The SMILES string of the molecule is Cc1coc2cc3oc(=O)c(CC(=O)N4CC[C@@]5(O)CCCC[C@H]5C4)c(C)c3cc12. The first-order chi connectivity index (χ1) is 14.4. The first-order valence-electron chi connectivity index (χ1n) is 10.8. The van der Waals surface area contributed by atoms with Gasteiger partial charge in [-0.3, -0.25) is 4.79 Å². The molecule has 1 amide bonds. The lowest BCUT2D eigenvalue weighted by Crippen LogP contribution is -2.55. The van der Waals surface area contributed by atoms with E-state index < -0.39 is 11.2 Å². The van der Waals surface area contributed by atoms with E-state index in [0.29, 0.717) is 36.2 Å². The number of nitrogens with zero attached hydrogens (tertiary/aromatic N) is 1. The zero-order valence-corrected chi connectivity index (χ0v) is 17.5. The molecule has 0 unspecified atom stereocenters. The number of carbonyl (C=O) groups excluding carboxylic acids is 1. The molecular weight excluding hydrogens is 382 g/mol. The average Bonchev–Trinajstić information content (AvgIpc) is 3.09. The summed E-state index contributed by atoms with van der Waals surface area (Å²) in [7, 11) is 0. The summed E-state index contributed by atoms with van der Waals surface area (Å²) in [6, 6.07) is 3.71. The van der Waals surface area contributed by atoms with Gasteiger partial charge in [-0.25, -0.2) is 4.79 Å².